The van der Waals surface area contributed by atoms with Gasteiger partial charge in [-0.2, -0.15) is 5.10 Å². The standard InChI is InChI=1S/C28H40N4O6/c1-18(2)13-20(14-25(33)29-16-26(34)35)30-28(36)21-15-22(27-23(37-3)11-8-12-24(27)38-4)32(31-21)17-19-9-6-5-7-10-19/h8,11-12,15,18-20H,5-7,9-10,13-14,16-17H2,1-4H3,(H,29,33)(H,30,36)(H,34,35). The van der Waals surface area contributed by atoms with Crippen LogP contribution < -0.4 is 20.1 Å². The Morgan fingerprint density at radius 2 is 1.76 bits per heavy atom. The van der Waals surface area contributed by atoms with Crippen LogP contribution in [0.25, 0.3) is 11.3 Å². The fourth-order valence-corrected chi connectivity index (χ4v) is 5.08. The second-order valence-corrected chi connectivity index (χ2v) is 10.3. The molecule has 10 nitrogen and oxygen atoms in total. The van der Waals surface area contributed by atoms with E-state index >= 15 is 0 Å². The van der Waals surface area contributed by atoms with Gasteiger partial charge in [-0.05, 0) is 49.3 Å². The summed E-state index contributed by atoms with van der Waals surface area (Å²) in [4.78, 5) is 36.5. The van der Waals surface area contributed by atoms with E-state index in [2.05, 4.69) is 10.6 Å². The third-order valence-electron chi connectivity index (χ3n) is 6.81. The van der Waals surface area contributed by atoms with Gasteiger partial charge in [-0.25, -0.2) is 0 Å². The van der Waals surface area contributed by atoms with Crippen molar-refractivity contribution in [1.82, 2.24) is 20.4 Å². The molecule has 1 heterocycles. The number of carbonyl (C=O) groups is 3. The van der Waals surface area contributed by atoms with Gasteiger partial charge in [-0.15, -0.1) is 0 Å². The first-order chi connectivity index (χ1) is 18.2. The molecule has 1 aromatic heterocycles. The predicted octanol–water partition coefficient (Wildman–Crippen LogP) is 3.88. The molecule has 1 aromatic carbocycles. The number of hydrogen-bond donors (Lipinski definition) is 3. The van der Waals surface area contributed by atoms with Gasteiger partial charge in [0.1, 0.15) is 18.0 Å². The maximum atomic E-state index is 13.4. The highest BCUT2D eigenvalue weighted by Crippen LogP contribution is 2.39. The summed E-state index contributed by atoms with van der Waals surface area (Å²) < 4.78 is 13.2. The molecule has 3 rings (SSSR count). The molecule has 1 saturated carbocycles. The van der Waals surface area contributed by atoms with Gasteiger partial charge in [0.05, 0.1) is 25.5 Å². The highest BCUT2D eigenvalue weighted by molar-refractivity contribution is 5.94. The Balaban J connectivity index is 1.91. The normalized spacial score (nSPS) is 14.7. The van der Waals surface area contributed by atoms with Crippen LogP contribution in [0.4, 0.5) is 0 Å². The Kier molecular flexibility index (Phi) is 10.6. The van der Waals surface area contributed by atoms with Crippen LogP contribution in [-0.4, -0.2) is 59.5 Å². The van der Waals surface area contributed by atoms with Crippen LogP contribution in [-0.2, 0) is 16.1 Å². The van der Waals surface area contributed by atoms with E-state index in [1.54, 1.807) is 20.3 Å². The van der Waals surface area contributed by atoms with E-state index in [1.165, 1.54) is 19.3 Å². The van der Waals surface area contributed by atoms with Gasteiger partial charge < -0.3 is 25.2 Å². The lowest BCUT2D eigenvalue weighted by molar-refractivity contribution is -0.138. The van der Waals surface area contributed by atoms with Crippen molar-refractivity contribution in [2.45, 2.75) is 71.4 Å². The van der Waals surface area contributed by atoms with Crippen molar-refractivity contribution >= 4 is 17.8 Å². The number of nitrogens with zero attached hydrogens (tertiary/aromatic N) is 2. The molecule has 10 heteroatoms. The van der Waals surface area contributed by atoms with Gasteiger partial charge in [0.15, 0.2) is 5.69 Å². The number of nitrogens with one attached hydrogen (secondary N) is 2. The van der Waals surface area contributed by atoms with E-state index in [0.717, 1.165) is 24.1 Å². The zero-order chi connectivity index (χ0) is 27.7. The molecule has 0 aliphatic heterocycles. The number of carboxylic acids is 1. The molecule has 1 fully saturated rings. The first-order valence-electron chi connectivity index (χ1n) is 13.3. The van der Waals surface area contributed by atoms with Crippen molar-refractivity contribution in [3.05, 3.63) is 30.0 Å². The van der Waals surface area contributed by atoms with Gasteiger partial charge in [0.25, 0.3) is 5.91 Å². The van der Waals surface area contributed by atoms with Crippen LogP contribution in [0.1, 0.15) is 69.3 Å². The number of aromatic nitrogens is 2. The molecule has 1 unspecified atom stereocenters. The molecule has 0 spiro atoms. The number of carboxylic acid groups (broad SMARTS) is 1. The summed E-state index contributed by atoms with van der Waals surface area (Å²) in [5, 5.41) is 18.9. The Hall–Kier alpha value is -3.56. The highest BCUT2D eigenvalue weighted by Gasteiger charge is 2.26. The summed E-state index contributed by atoms with van der Waals surface area (Å²) in [5.74, 6) is -0.0244. The lowest BCUT2D eigenvalue weighted by Crippen LogP contribution is -2.41. The number of carbonyl (C=O) groups excluding carboxylic acids is 2. The number of aliphatic carboxylic acids is 1. The van der Waals surface area contributed by atoms with Crippen LogP contribution >= 0.6 is 0 Å². The lowest BCUT2D eigenvalue weighted by atomic mass is 9.89. The van der Waals surface area contributed by atoms with Crippen molar-refractivity contribution in [1.29, 1.82) is 0 Å². The summed E-state index contributed by atoms with van der Waals surface area (Å²) in [6, 6.07) is 6.83. The zero-order valence-electron chi connectivity index (χ0n) is 22.8. The van der Waals surface area contributed by atoms with Crippen molar-refractivity contribution in [2.24, 2.45) is 11.8 Å². The van der Waals surface area contributed by atoms with Gasteiger partial charge in [0, 0.05) is 19.0 Å². The first-order valence-corrected chi connectivity index (χ1v) is 13.3. The van der Waals surface area contributed by atoms with Gasteiger partial charge in [-0.1, -0.05) is 39.2 Å². The minimum Gasteiger partial charge on any atom is -0.496 e. The average molecular weight is 529 g/mol. The molecule has 208 valence electrons. The minimum absolute atomic E-state index is 0.0207. The van der Waals surface area contributed by atoms with E-state index in [4.69, 9.17) is 19.7 Å². The van der Waals surface area contributed by atoms with E-state index in [1.807, 2.05) is 36.7 Å². The molecule has 1 aliphatic rings. The third-order valence-corrected chi connectivity index (χ3v) is 6.81. The molecule has 0 bridgehead atoms. The van der Waals surface area contributed by atoms with Crippen molar-refractivity contribution in [3.63, 3.8) is 0 Å². The van der Waals surface area contributed by atoms with E-state index < -0.39 is 24.5 Å². The maximum absolute atomic E-state index is 13.4. The summed E-state index contributed by atoms with van der Waals surface area (Å²) >= 11 is 0. The summed E-state index contributed by atoms with van der Waals surface area (Å²) in [5.41, 5.74) is 1.70. The van der Waals surface area contributed by atoms with Gasteiger partial charge in [0.2, 0.25) is 5.91 Å². The third kappa shape index (κ3) is 7.97. The average Bonchev–Trinajstić information content (AvgIpc) is 3.30. The lowest BCUT2D eigenvalue weighted by Gasteiger charge is -2.23. The summed E-state index contributed by atoms with van der Waals surface area (Å²) in [6.45, 7) is 4.21. The van der Waals surface area contributed by atoms with Crippen LogP contribution in [0, 0.1) is 11.8 Å². The SMILES string of the molecule is COc1cccc(OC)c1-c1cc(C(=O)NC(CC(=O)NCC(=O)O)CC(C)C)nn1CC1CCCCC1. The zero-order valence-corrected chi connectivity index (χ0v) is 22.8. The maximum Gasteiger partial charge on any atom is 0.322 e. The fraction of sp³-hybridized carbons (Fsp3) is 0.571. The molecule has 3 N–H and O–H groups in total. The second-order valence-electron chi connectivity index (χ2n) is 10.3. The molecule has 1 aliphatic carbocycles. The number of ether oxygens (including phenoxy) is 2. The quantitative estimate of drug-likeness (QED) is 0.359. The van der Waals surface area contributed by atoms with Crippen molar-refractivity contribution in [3.8, 4) is 22.8 Å². The molecular weight excluding hydrogens is 488 g/mol. The number of hydrogen-bond acceptors (Lipinski definition) is 6. The fourth-order valence-electron chi connectivity index (χ4n) is 5.08. The van der Waals surface area contributed by atoms with E-state index in [-0.39, 0.29) is 23.9 Å². The van der Waals surface area contributed by atoms with Gasteiger partial charge in [-0.3, -0.25) is 19.1 Å². The van der Waals surface area contributed by atoms with Crippen LogP contribution in [0.3, 0.4) is 0 Å². The molecule has 2 aromatic rings. The Morgan fingerprint density at radius 1 is 1.11 bits per heavy atom. The Morgan fingerprint density at radius 3 is 2.34 bits per heavy atom. The van der Waals surface area contributed by atoms with Crippen LogP contribution in [0.5, 0.6) is 11.5 Å². The van der Waals surface area contributed by atoms with Crippen LogP contribution in [0.2, 0.25) is 0 Å². The van der Waals surface area contributed by atoms with E-state index in [0.29, 0.717) is 30.4 Å². The highest BCUT2D eigenvalue weighted by atomic mass is 16.5. The topological polar surface area (TPSA) is 132 Å². The molecule has 38 heavy (non-hydrogen) atoms. The second kappa shape index (κ2) is 13.8. The molecular formula is C28H40N4O6. The minimum atomic E-state index is -1.12. The summed E-state index contributed by atoms with van der Waals surface area (Å²) in [7, 11) is 3.19. The monoisotopic (exact) mass is 528 g/mol. The predicted molar refractivity (Wildman–Crippen MR) is 143 cm³/mol. The van der Waals surface area contributed by atoms with Crippen LogP contribution in [0.15, 0.2) is 24.3 Å². The smallest absolute Gasteiger partial charge is 0.322 e. The number of methoxy groups -OCH3 is 2. The van der Waals surface area contributed by atoms with Crippen molar-refractivity contribution in [2.75, 3.05) is 20.8 Å². The number of amides is 2. The van der Waals surface area contributed by atoms with Crippen molar-refractivity contribution < 1.29 is 29.0 Å². The molecule has 1 atom stereocenters. The molecule has 0 saturated heterocycles. The largest absolute Gasteiger partial charge is 0.496 e. The molecule has 0 radical (unpaired) electrons. The first kappa shape index (κ1) is 29.0. The number of rotatable bonds is 13. The van der Waals surface area contributed by atoms with E-state index in [9.17, 15) is 14.4 Å². The van der Waals surface area contributed by atoms with Gasteiger partial charge >= 0.3 is 5.97 Å². The Labute approximate surface area is 224 Å². The molecule has 2 amide bonds. The summed E-state index contributed by atoms with van der Waals surface area (Å²) in [6.07, 6.45) is 6.39. The number of benzene rings is 1. The Bertz CT molecular complexity index is 1080.